The van der Waals surface area contributed by atoms with E-state index in [-0.39, 0.29) is 63.8 Å². The number of rotatable bonds is 9. The fraction of sp³-hybridized carbons (Fsp3) is 0.200. The monoisotopic (exact) mass is 662 g/mol. The maximum Gasteiger partial charge on any atom is 0.189 e. The fourth-order valence-electron chi connectivity index (χ4n) is 6.44. The summed E-state index contributed by atoms with van der Waals surface area (Å²) in [5, 5.41) is 75.3. The molecule has 9 heteroatoms. The Hall–Kier alpha value is -5.96. The van der Waals surface area contributed by atoms with Gasteiger partial charge in [-0.3, -0.25) is 9.59 Å². The van der Waals surface area contributed by atoms with Crippen LogP contribution >= 0.6 is 0 Å². The van der Waals surface area contributed by atoms with Crippen molar-refractivity contribution in [1.82, 2.24) is 0 Å². The lowest BCUT2D eigenvalue weighted by Crippen LogP contribution is -2.32. The lowest BCUT2D eigenvalue weighted by atomic mass is 9.65. The Morgan fingerprint density at radius 2 is 1.41 bits per heavy atom. The van der Waals surface area contributed by atoms with E-state index in [2.05, 4.69) is 0 Å². The molecular weight excluding hydrogens is 624 g/mol. The molecule has 7 N–H and O–H groups in total. The van der Waals surface area contributed by atoms with Gasteiger partial charge >= 0.3 is 0 Å². The number of Topliss-reactive ketones (excluding diaryl/α,β-unsaturated/α-hetero) is 1. The molecule has 9 nitrogen and oxygen atoms in total. The molecule has 0 bridgehead atoms. The van der Waals surface area contributed by atoms with E-state index in [4.69, 9.17) is 0 Å². The lowest BCUT2D eigenvalue weighted by molar-refractivity contribution is 0.0876. The predicted octanol–water partition coefficient (Wildman–Crippen LogP) is 7.75. The molecule has 1 aliphatic carbocycles. The maximum atomic E-state index is 14.7. The number of allylic oxidation sites excluding steroid dienone is 5. The zero-order valence-corrected chi connectivity index (χ0v) is 27.3. The molecule has 0 saturated heterocycles. The normalized spacial score (nSPS) is 17.4. The maximum absolute atomic E-state index is 14.7. The summed E-state index contributed by atoms with van der Waals surface area (Å²) in [6, 6.07) is 15.3. The van der Waals surface area contributed by atoms with E-state index in [1.807, 2.05) is 13.8 Å². The summed E-state index contributed by atoms with van der Waals surface area (Å²) >= 11 is 0. The van der Waals surface area contributed by atoms with E-state index in [0.29, 0.717) is 11.1 Å². The van der Waals surface area contributed by atoms with Gasteiger partial charge in [0.05, 0.1) is 11.1 Å². The number of phenols is 7. The first-order valence-electron chi connectivity index (χ1n) is 15.7. The van der Waals surface area contributed by atoms with Crippen LogP contribution in [0.3, 0.4) is 0 Å². The number of phenolic OH excluding ortho intramolecular Hbond substituents is 7. The standard InChI is InChI=1S/C40H38O9/c1-21(2)4-11-27-33(44)16-14-29(38(27)47)40(49)36-30(26-12-10-25(42)20-35(26)46)18-22(3)19-31(36)37-34(45)17-13-28(39(37)48)32(43)15-7-23-5-8-24(41)9-6-23/h4-10,12-17,19-20,30-31,36,41-42,44-48H,11,18H2,1-3H3/t30-,31-,36-/m0/s1. The van der Waals surface area contributed by atoms with Crippen molar-refractivity contribution < 1.29 is 45.3 Å². The number of carbonyl (C=O) groups excluding carboxylic acids is 2. The molecule has 49 heavy (non-hydrogen) atoms. The van der Waals surface area contributed by atoms with Gasteiger partial charge in [-0.15, -0.1) is 0 Å². The van der Waals surface area contributed by atoms with E-state index in [0.717, 1.165) is 17.2 Å². The third kappa shape index (κ3) is 7.16. The van der Waals surface area contributed by atoms with Crippen LogP contribution in [0, 0.1) is 5.92 Å². The van der Waals surface area contributed by atoms with E-state index >= 15 is 0 Å². The zero-order valence-electron chi connectivity index (χ0n) is 27.3. The summed E-state index contributed by atoms with van der Waals surface area (Å²) < 4.78 is 0. The molecule has 0 fully saturated rings. The SMILES string of the molecule is CC(C)=CCc1c(O)ccc(C(=O)[C@@H]2[C@@H](c3c(O)ccc(C(=O)C=Cc4ccc(O)cc4)c3O)C=C(C)C[C@H]2c2ccc(O)cc2O)c1O. The minimum absolute atomic E-state index is 0.0629. The van der Waals surface area contributed by atoms with Crippen LogP contribution < -0.4 is 0 Å². The molecule has 0 unspecified atom stereocenters. The first-order valence-corrected chi connectivity index (χ1v) is 15.7. The second-order valence-corrected chi connectivity index (χ2v) is 12.6. The summed E-state index contributed by atoms with van der Waals surface area (Å²) in [6.45, 7) is 5.53. The molecule has 0 spiro atoms. The van der Waals surface area contributed by atoms with Crippen molar-refractivity contribution in [2.75, 3.05) is 0 Å². The first-order chi connectivity index (χ1) is 23.3. The molecule has 0 saturated carbocycles. The molecular formula is C40H38O9. The summed E-state index contributed by atoms with van der Waals surface area (Å²) in [4.78, 5) is 28.1. The van der Waals surface area contributed by atoms with Gasteiger partial charge < -0.3 is 35.7 Å². The molecule has 0 aliphatic heterocycles. The Labute approximate surface area is 283 Å². The van der Waals surface area contributed by atoms with Gasteiger partial charge in [-0.25, -0.2) is 0 Å². The Morgan fingerprint density at radius 1 is 0.755 bits per heavy atom. The van der Waals surface area contributed by atoms with Gasteiger partial charge in [-0.2, -0.15) is 0 Å². The van der Waals surface area contributed by atoms with Crippen LogP contribution in [0.2, 0.25) is 0 Å². The Balaban J connectivity index is 1.67. The topological polar surface area (TPSA) is 176 Å². The van der Waals surface area contributed by atoms with Gasteiger partial charge in [-0.05, 0) is 93.3 Å². The lowest BCUT2D eigenvalue weighted by Gasteiger charge is -2.37. The van der Waals surface area contributed by atoms with Crippen molar-refractivity contribution in [3.05, 3.63) is 129 Å². The molecule has 0 aromatic heterocycles. The summed E-state index contributed by atoms with van der Waals surface area (Å²) in [6.07, 6.45) is 6.68. The number of carbonyl (C=O) groups is 2. The highest BCUT2D eigenvalue weighted by Crippen LogP contribution is 2.53. The molecule has 5 rings (SSSR count). The van der Waals surface area contributed by atoms with Crippen molar-refractivity contribution in [3.63, 3.8) is 0 Å². The van der Waals surface area contributed by atoms with Gasteiger partial charge in [0.15, 0.2) is 11.6 Å². The summed E-state index contributed by atoms with van der Waals surface area (Å²) in [5.74, 6) is -6.08. The molecule has 4 aromatic rings. The third-order valence-electron chi connectivity index (χ3n) is 8.89. The van der Waals surface area contributed by atoms with Crippen LogP contribution in [0.4, 0.5) is 0 Å². The van der Waals surface area contributed by atoms with Gasteiger partial charge in [0.25, 0.3) is 0 Å². The first kappa shape index (κ1) is 34.4. The van der Waals surface area contributed by atoms with E-state index < -0.39 is 40.8 Å². The van der Waals surface area contributed by atoms with Crippen LogP contribution in [-0.4, -0.2) is 47.3 Å². The van der Waals surface area contributed by atoms with Gasteiger partial charge in [0, 0.05) is 34.9 Å². The Morgan fingerprint density at radius 3 is 2.08 bits per heavy atom. The molecule has 4 aromatic carbocycles. The van der Waals surface area contributed by atoms with Crippen molar-refractivity contribution in [2.24, 2.45) is 5.92 Å². The molecule has 3 atom stereocenters. The molecule has 252 valence electrons. The highest BCUT2D eigenvalue weighted by molar-refractivity contribution is 6.09. The van der Waals surface area contributed by atoms with Gasteiger partial charge in [0.2, 0.25) is 0 Å². The summed E-state index contributed by atoms with van der Waals surface area (Å²) in [7, 11) is 0. The number of hydrogen-bond donors (Lipinski definition) is 7. The third-order valence-corrected chi connectivity index (χ3v) is 8.89. The highest BCUT2D eigenvalue weighted by atomic mass is 16.3. The van der Waals surface area contributed by atoms with Crippen LogP contribution in [0.15, 0.2) is 96.1 Å². The van der Waals surface area contributed by atoms with Crippen LogP contribution in [0.1, 0.15) is 82.0 Å². The van der Waals surface area contributed by atoms with Crippen molar-refractivity contribution in [3.8, 4) is 40.2 Å². The highest BCUT2D eigenvalue weighted by Gasteiger charge is 2.43. The smallest absolute Gasteiger partial charge is 0.189 e. The van der Waals surface area contributed by atoms with E-state index in [1.165, 1.54) is 60.7 Å². The minimum atomic E-state index is -1.15. The summed E-state index contributed by atoms with van der Waals surface area (Å²) in [5.41, 5.74) is 2.45. The Kier molecular flexibility index (Phi) is 9.84. The second kappa shape index (κ2) is 14.0. The number of ketones is 2. The Bertz CT molecular complexity index is 2010. The number of aromatic hydroxyl groups is 7. The van der Waals surface area contributed by atoms with Gasteiger partial charge in [0.1, 0.15) is 40.2 Å². The van der Waals surface area contributed by atoms with Gasteiger partial charge in [-0.1, -0.05) is 47.6 Å². The predicted molar refractivity (Wildman–Crippen MR) is 186 cm³/mol. The molecule has 0 radical (unpaired) electrons. The fourth-order valence-corrected chi connectivity index (χ4v) is 6.44. The van der Waals surface area contributed by atoms with Crippen LogP contribution in [0.25, 0.3) is 6.08 Å². The van der Waals surface area contributed by atoms with Crippen molar-refractivity contribution in [2.45, 2.75) is 45.4 Å². The zero-order chi connectivity index (χ0) is 35.6. The molecule has 0 heterocycles. The van der Waals surface area contributed by atoms with Crippen molar-refractivity contribution >= 4 is 17.6 Å². The second-order valence-electron chi connectivity index (χ2n) is 12.6. The largest absolute Gasteiger partial charge is 0.508 e. The number of benzene rings is 4. The van der Waals surface area contributed by atoms with Crippen molar-refractivity contribution in [1.29, 1.82) is 0 Å². The van der Waals surface area contributed by atoms with Crippen LogP contribution in [-0.2, 0) is 6.42 Å². The quantitative estimate of drug-likeness (QED) is 0.0537. The average molecular weight is 663 g/mol. The molecule has 0 amide bonds. The van der Waals surface area contributed by atoms with E-state index in [9.17, 15) is 45.3 Å². The van der Waals surface area contributed by atoms with Crippen LogP contribution in [0.5, 0.6) is 40.2 Å². The van der Waals surface area contributed by atoms with E-state index in [1.54, 1.807) is 31.2 Å². The minimum Gasteiger partial charge on any atom is -0.508 e. The average Bonchev–Trinajstić information content (AvgIpc) is 3.04. The molecule has 1 aliphatic rings. The number of hydrogen-bond acceptors (Lipinski definition) is 9.